The van der Waals surface area contributed by atoms with Gasteiger partial charge in [0.1, 0.15) is 6.54 Å². The van der Waals surface area contributed by atoms with Crippen LogP contribution < -0.4 is 9.47 Å². The number of methoxy groups -OCH3 is 1. The molecule has 0 bridgehead atoms. The summed E-state index contributed by atoms with van der Waals surface area (Å²) in [6.45, 7) is 1.35. The molecule has 0 radical (unpaired) electrons. The van der Waals surface area contributed by atoms with Crippen molar-refractivity contribution in [1.29, 1.82) is 0 Å². The van der Waals surface area contributed by atoms with Crippen LogP contribution in [-0.2, 0) is 14.3 Å². The van der Waals surface area contributed by atoms with Crippen LogP contribution in [0.15, 0.2) is 65.6 Å². The fraction of sp³-hybridized carbons (Fsp3) is 0.154. The maximum absolute atomic E-state index is 12.9. The third kappa shape index (κ3) is 5.20. The van der Waals surface area contributed by atoms with Gasteiger partial charge in [-0.05, 0) is 59.3 Å². The number of carbonyl (C=O) groups is 4. The first-order chi connectivity index (χ1) is 16.9. The lowest BCUT2D eigenvalue weighted by atomic mass is 10.0. The van der Waals surface area contributed by atoms with Crippen molar-refractivity contribution >= 4 is 51.7 Å². The first-order valence-electron chi connectivity index (χ1n) is 10.7. The van der Waals surface area contributed by atoms with Gasteiger partial charge < -0.3 is 14.2 Å². The lowest BCUT2D eigenvalue weighted by Gasteiger charge is -2.12. The first kappa shape index (κ1) is 24.0. The van der Waals surface area contributed by atoms with Crippen molar-refractivity contribution in [3.05, 3.63) is 76.7 Å². The maximum atomic E-state index is 12.9. The van der Waals surface area contributed by atoms with Gasteiger partial charge in [0.15, 0.2) is 11.5 Å². The van der Waals surface area contributed by atoms with E-state index in [2.05, 4.69) is 0 Å². The van der Waals surface area contributed by atoms with Gasteiger partial charge in [-0.3, -0.25) is 19.3 Å². The van der Waals surface area contributed by atoms with Crippen LogP contribution >= 0.6 is 11.8 Å². The molecule has 0 unspecified atom stereocenters. The fourth-order valence-corrected chi connectivity index (χ4v) is 4.38. The van der Waals surface area contributed by atoms with E-state index in [4.69, 9.17) is 14.2 Å². The highest BCUT2D eigenvalue weighted by Gasteiger charge is 2.36. The third-order valence-corrected chi connectivity index (χ3v) is 6.07. The zero-order valence-electron chi connectivity index (χ0n) is 19.0. The molecule has 1 aliphatic rings. The van der Waals surface area contributed by atoms with Gasteiger partial charge in [0.05, 0.1) is 24.2 Å². The van der Waals surface area contributed by atoms with Crippen LogP contribution in [0.25, 0.3) is 16.8 Å². The Hall–Kier alpha value is -4.11. The van der Waals surface area contributed by atoms with Crippen LogP contribution in [0, 0.1) is 0 Å². The van der Waals surface area contributed by atoms with E-state index in [9.17, 15) is 19.2 Å². The van der Waals surface area contributed by atoms with E-state index in [1.807, 2.05) is 30.3 Å². The van der Waals surface area contributed by atoms with Crippen molar-refractivity contribution in [2.24, 2.45) is 0 Å². The molecule has 0 aromatic heterocycles. The fourth-order valence-electron chi connectivity index (χ4n) is 3.54. The molecule has 9 heteroatoms. The summed E-state index contributed by atoms with van der Waals surface area (Å²) in [6, 6.07) is 17.7. The Kier molecular flexibility index (Phi) is 7.17. The molecule has 0 aliphatic carbocycles. The van der Waals surface area contributed by atoms with Crippen LogP contribution in [0.3, 0.4) is 0 Å². The number of hydrogen-bond donors (Lipinski definition) is 0. The number of nitrogens with zero attached hydrogens (tertiary/aromatic N) is 1. The van der Waals surface area contributed by atoms with Gasteiger partial charge in [-0.15, -0.1) is 0 Å². The Balaban J connectivity index is 1.54. The Morgan fingerprint density at radius 3 is 2.54 bits per heavy atom. The molecule has 2 amide bonds. The van der Waals surface area contributed by atoms with Crippen molar-refractivity contribution in [2.45, 2.75) is 6.92 Å². The minimum Gasteiger partial charge on any atom is -0.493 e. The second-order valence-corrected chi connectivity index (χ2v) is 8.39. The molecular formula is C26H21NO7S. The maximum Gasteiger partial charge on any atom is 0.344 e. The van der Waals surface area contributed by atoms with Gasteiger partial charge in [-0.1, -0.05) is 42.5 Å². The summed E-state index contributed by atoms with van der Waals surface area (Å²) in [5, 5.41) is 1.14. The normalized spacial score (nSPS) is 14.5. The van der Waals surface area contributed by atoms with Crippen LogP contribution in [-0.4, -0.2) is 48.2 Å². The molecule has 178 valence electrons. The Labute approximate surface area is 205 Å². The molecule has 1 fully saturated rings. The number of hydrogen-bond acceptors (Lipinski definition) is 8. The highest BCUT2D eigenvalue weighted by Crippen LogP contribution is 2.35. The molecule has 1 aliphatic heterocycles. The molecule has 3 aromatic carbocycles. The van der Waals surface area contributed by atoms with Gasteiger partial charge in [0, 0.05) is 0 Å². The summed E-state index contributed by atoms with van der Waals surface area (Å²) in [5.41, 5.74) is 0.970. The number of esters is 2. The Bertz CT molecular complexity index is 1360. The highest BCUT2D eigenvalue weighted by atomic mass is 32.2. The smallest absolute Gasteiger partial charge is 0.344 e. The number of thioether (sulfide) groups is 1. The second kappa shape index (κ2) is 10.4. The van der Waals surface area contributed by atoms with E-state index in [0.29, 0.717) is 11.1 Å². The van der Waals surface area contributed by atoms with Gasteiger partial charge in [0.2, 0.25) is 0 Å². The summed E-state index contributed by atoms with van der Waals surface area (Å²) >= 11 is 0.728. The molecular weight excluding hydrogens is 470 g/mol. The standard InChI is InChI=1S/C26H21NO7S/c1-3-33-23(28)15-27-24(29)22(35-26(27)31)14-16-11-12-20(21(13-16)32-2)34-25(30)19-10-6-8-17-7-4-5-9-18(17)19/h4-14H,3,15H2,1-2H3/b22-14-. The van der Waals surface area contributed by atoms with Crippen molar-refractivity contribution in [3.63, 3.8) is 0 Å². The largest absolute Gasteiger partial charge is 0.493 e. The zero-order valence-corrected chi connectivity index (χ0v) is 19.8. The van der Waals surface area contributed by atoms with Gasteiger partial charge in [-0.2, -0.15) is 0 Å². The number of imide groups is 1. The molecule has 35 heavy (non-hydrogen) atoms. The van der Waals surface area contributed by atoms with Crippen LogP contribution in [0.4, 0.5) is 4.79 Å². The number of fused-ring (bicyclic) bond motifs is 1. The molecule has 0 saturated carbocycles. The quantitative estimate of drug-likeness (QED) is 0.267. The minimum atomic E-state index is -0.657. The predicted octanol–water partition coefficient (Wildman–Crippen LogP) is 4.67. The number of carbonyl (C=O) groups excluding carboxylic acids is 4. The average molecular weight is 492 g/mol. The summed E-state index contributed by atoms with van der Waals surface area (Å²) in [7, 11) is 1.43. The molecule has 4 rings (SSSR count). The average Bonchev–Trinajstić information content (AvgIpc) is 3.11. The number of ether oxygens (including phenoxy) is 3. The Morgan fingerprint density at radius 2 is 1.77 bits per heavy atom. The summed E-state index contributed by atoms with van der Waals surface area (Å²) in [5.74, 6) is -1.29. The van der Waals surface area contributed by atoms with Crippen molar-refractivity contribution in [1.82, 2.24) is 4.90 Å². The minimum absolute atomic E-state index is 0.154. The molecule has 8 nitrogen and oxygen atoms in total. The molecule has 1 saturated heterocycles. The van der Waals surface area contributed by atoms with E-state index >= 15 is 0 Å². The van der Waals surface area contributed by atoms with Crippen molar-refractivity contribution in [3.8, 4) is 11.5 Å². The van der Waals surface area contributed by atoms with Gasteiger partial charge in [-0.25, -0.2) is 4.79 Å². The van der Waals surface area contributed by atoms with E-state index in [-0.39, 0.29) is 23.0 Å². The van der Waals surface area contributed by atoms with E-state index in [1.54, 1.807) is 37.3 Å². The van der Waals surface area contributed by atoms with Crippen LogP contribution in [0.5, 0.6) is 11.5 Å². The monoisotopic (exact) mass is 491 g/mol. The summed E-state index contributed by atoms with van der Waals surface area (Å²) in [6.07, 6.45) is 1.51. The SMILES string of the molecule is CCOC(=O)CN1C(=O)S/C(=C\c2ccc(OC(=O)c3cccc4ccccc34)c(OC)c2)C1=O. The third-order valence-electron chi connectivity index (χ3n) is 5.16. The highest BCUT2D eigenvalue weighted by molar-refractivity contribution is 8.18. The molecule has 3 aromatic rings. The van der Waals surface area contributed by atoms with Gasteiger partial charge in [0.25, 0.3) is 11.1 Å². The second-order valence-electron chi connectivity index (χ2n) is 7.40. The van der Waals surface area contributed by atoms with Crippen molar-refractivity contribution < 1.29 is 33.4 Å². The number of benzene rings is 3. The Morgan fingerprint density at radius 1 is 1.00 bits per heavy atom. The molecule has 0 atom stereocenters. The molecule has 0 N–H and O–H groups in total. The van der Waals surface area contributed by atoms with Crippen molar-refractivity contribution in [2.75, 3.05) is 20.3 Å². The molecule has 0 spiro atoms. The lowest BCUT2D eigenvalue weighted by Crippen LogP contribution is -2.34. The number of rotatable bonds is 7. The van der Waals surface area contributed by atoms with E-state index in [0.717, 1.165) is 27.4 Å². The summed E-state index contributed by atoms with van der Waals surface area (Å²) < 4.78 is 15.8. The molecule has 1 heterocycles. The van der Waals surface area contributed by atoms with E-state index in [1.165, 1.54) is 13.2 Å². The van der Waals surface area contributed by atoms with Crippen LogP contribution in [0.1, 0.15) is 22.8 Å². The first-order valence-corrected chi connectivity index (χ1v) is 11.5. The number of amides is 2. The topological polar surface area (TPSA) is 99.2 Å². The predicted molar refractivity (Wildman–Crippen MR) is 131 cm³/mol. The zero-order chi connectivity index (χ0) is 24.9. The van der Waals surface area contributed by atoms with Crippen LogP contribution in [0.2, 0.25) is 0 Å². The van der Waals surface area contributed by atoms with E-state index < -0.39 is 29.6 Å². The lowest BCUT2D eigenvalue weighted by molar-refractivity contribution is -0.145. The summed E-state index contributed by atoms with van der Waals surface area (Å²) in [4.78, 5) is 50.4. The van der Waals surface area contributed by atoms with Gasteiger partial charge >= 0.3 is 11.9 Å².